The molecule has 45 heavy (non-hydrogen) atoms. The van der Waals surface area contributed by atoms with Crippen LogP contribution in [0.3, 0.4) is 0 Å². The maximum atomic E-state index is 14.3. The van der Waals surface area contributed by atoms with E-state index in [9.17, 15) is 14.7 Å². The zero-order valence-electron chi connectivity index (χ0n) is 27.7. The zero-order chi connectivity index (χ0) is 32.2. The number of nitrogens with one attached hydrogen (secondary N) is 2. The molecule has 0 saturated heterocycles. The number of carbonyl (C=O) groups is 2. The fourth-order valence-electron chi connectivity index (χ4n) is 6.47. The number of ether oxygens (including phenoxy) is 2. The van der Waals surface area contributed by atoms with Gasteiger partial charge in [-0.2, -0.15) is 0 Å². The van der Waals surface area contributed by atoms with Crippen LogP contribution in [0.25, 0.3) is 0 Å². The molecule has 0 radical (unpaired) electrons. The largest absolute Gasteiger partial charge is 0.490 e. The van der Waals surface area contributed by atoms with Crippen LogP contribution in [0.1, 0.15) is 82.5 Å². The summed E-state index contributed by atoms with van der Waals surface area (Å²) in [5.41, 5.74) is 1.50. The van der Waals surface area contributed by atoms with E-state index in [2.05, 4.69) is 29.5 Å². The molecule has 1 saturated carbocycles. The van der Waals surface area contributed by atoms with Crippen molar-refractivity contribution >= 4 is 23.3 Å². The highest BCUT2D eigenvalue weighted by molar-refractivity contribution is 6.02. The molecule has 9 nitrogen and oxygen atoms in total. The van der Waals surface area contributed by atoms with Gasteiger partial charge in [0.1, 0.15) is 5.75 Å². The average molecular weight is 623 g/mol. The number of hydrogen-bond acceptors (Lipinski definition) is 6. The first kappa shape index (κ1) is 34.7. The lowest BCUT2D eigenvalue weighted by Gasteiger charge is -2.36. The Morgan fingerprint density at radius 2 is 1.69 bits per heavy atom. The van der Waals surface area contributed by atoms with E-state index in [1.165, 1.54) is 32.1 Å². The van der Waals surface area contributed by atoms with Gasteiger partial charge in [0.05, 0.1) is 30.4 Å². The molecule has 4 rings (SSSR count). The second-order valence-electron chi connectivity index (χ2n) is 13.2. The molecule has 1 heterocycles. The molecule has 2 aromatic rings. The Kier molecular flexibility index (Phi) is 13.5. The number of rotatable bonds is 8. The first-order valence-electron chi connectivity index (χ1n) is 16.9. The Hall–Kier alpha value is -3.14. The van der Waals surface area contributed by atoms with Gasteiger partial charge in [0.25, 0.3) is 5.91 Å². The molecule has 1 fully saturated rings. The number of amides is 3. The third-order valence-electron chi connectivity index (χ3n) is 9.13. The minimum Gasteiger partial charge on any atom is -0.490 e. The fourth-order valence-corrected chi connectivity index (χ4v) is 6.47. The van der Waals surface area contributed by atoms with Gasteiger partial charge in [-0.25, -0.2) is 4.79 Å². The highest BCUT2D eigenvalue weighted by Crippen LogP contribution is 2.29. The van der Waals surface area contributed by atoms with Crippen LogP contribution in [0.2, 0.25) is 0 Å². The number of carbonyl (C=O) groups excluding carboxylic acids is 2. The Morgan fingerprint density at radius 1 is 0.978 bits per heavy atom. The summed E-state index contributed by atoms with van der Waals surface area (Å²) in [6.45, 7) is 8.79. The molecule has 2 aliphatic rings. The number of aliphatic hydroxyl groups excluding tert-OH is 1. The van der Waals surface area contributed by atoms with Gasteiger partial charge in [-0.05, 0) is 89.2 Å². The Morgan fingerprint density at radius 3 is 2.42 bits per heavy atom. The molecule has 4 atom stereocenters. The van der Waals surface area contributed by atoms with E-state index in [0.29, 0.717) is 35.8 Å². The number of aliphatic hydroxyl groups is 1. The van der Waals surface area contributed by atoms with Crippen molar-refractivity contribution in [3.05, 3.63) is 54.1 Å². The van der Waals surface area contributed by atoms with Gasteiger partial charge < -0.3 is 35.0 Å². The van der Waals surface area contributed by atoms with Crippen LogP contribution in [0.15, 0.2) is 48.5 Å². The lowest BCUT2D eigenvalue weighted by molar-refractivity contribution is -0.0190. The van der Waals surface area contributed by atoms with E-state index in [1.54, 1.807) is 23.1 Å². The third kappa shape index (κ3) is 10.7. The van der Waals surface area contributed by atoms with Crippen molar-refractivity contribution in [1.82, 2.24) is 9.80 Å². The van der Waals surface area contributed by atoms with Crippen molar-refractivity contribution in [3.63, 3.8) is 0 Å². The second-order valence-corrected chi connectivity index (χ2v) is 13.2. The number of hydrogen-bond donors (Lipinski definition) is 3. The van der Waals surface area contributed by atoms with Crippen LogP contribution in [0.5, 0.6) is 5.75 Å². The van der Waals surface area contributed by atoms with E-state index in [0.717, 1.165) is 38.3 Å². The van der Waals surface area contributed by atoms with Gasteiger partial charge in [-0.15, -0.1) is 0 Å². The molecule has 0 spiro atoms. The highest BCUT2D eigenvalue weighted by atomic mass is 16.5. The van der Waals surface area contributed by atoms with Crippen LogP contribution in [-0.2, 0) is 4.74 Å². The van der Waals surface area contributed by atoms with Crippen molar-refractivity contribution in [2.24, 2.45) is 11.8 Å². The zero-order valence-corrected chi connectivity index (χ0v) is 27.7. The first-order chi connectivity index (χ1) is 21.7. The lowest BCUT2D eigenvalue weighted by atomic mass is 9.89. The molecule has 9 heteroatoms. The number of benzene rings is 2. The highest BCUT2D eigenvalue weighted by Gasteiger charge is 2.31. The summed E-state index contributed by atoms with van der Waals surface area (Å²) >= 11 is 0. The van der Waals surface area contributed by atoms with Crippen molar-refractivity contribution < 1.29 is 24.2 Å². The summed E-state index contributed by atoms with van der Waals surface area (Å²) in [6.07, 6.45) is 9.15. The fraction of sp³-hybridized carbons (Fsp3) is 0.611. The number of nitrogens with zero attached hydrogens (tertiary/aromatic N) is 2. The predicted octanol–water partition coefficient (Wildman–Crippen LogP) is 6.64. The smallest absolute Gasteiger partial charge is 0.323 e. The van der Waals surface area contributed by atoms with Gasteiger partial charge in [0.2, 0.25) is 0 Å². The van der Waals surface area contributed by atoms with Crippen molar-refractivity contribution in [3.8, 4) is 5.75 Å². The number of likely N-dealkylation sites (N-methyl/N-ethyl adjacent to an activating group) is 1. The maximum absolute atomic E-state index is 14.3. The second kappa shape index (κ2) is 17.5. The van der Waals surface area contributed by atoms with E-state index in [-0.39, 0.29) is 30.6 Å². The topological polar surface area (TPSA) is 103 Å². The summed E-state index contributed by atoms with van der Waals surface area (Å²) < 4.78 is 12.9. The van der Waals surface area contributed by atoms with Crippen LogP contribution >= 0.6 is 0 Å². The molecule has 0 bridgehead atoms. The van der Waals surface area contributed by atoms with Crippen LogP contribution in [0, 0.1) is 11.8 Å². The molecular formula is C36H54N4O5. The molecular weight excluding hydrogens is 568 g/mol. The van der Waals surface area contributed by atoms with E-state index < -0.39 is 12.1 Å². The van der Waals surface area contributed by atoms with Crippen molar-refractivity contribution in [2.45, 2.75) is 90.4 Å². The number of fused-ring (bicyclic) bond motifs is 1. The summed E-state index contributed by atoms with van der Waals surface area (Å²) in [5.74, 6) is 0.993. The molecule has 1 aliphatic heterocycles. The maximum Gasteiger partial charge on any atom is 0.323 e. The summed E-state index contributed by atoms with van der Waals surface area (Å²) in [6, 6.07) is 13.5. The first-order valence-corrected chi connectivity index (χ1v) is 16.9. The van der Waals surface area contributed by atoms with Gasteiger partial charge in [-0.3, -0.25) is 4.79 Å². The minimum absolute atomic E-state index is 0.0287. The molecule has 0 unspecified atom stereocenters. The quantitative estimate of drug-likeness (QED) is 0.305. The lowest BCUT2D eigenvalue weighted by Crippen LogP contribution is -2.47. The van der Waals surface area contributed by atoms with Crippen LogP contribution < -0.4 is 15.4 Å². The minimum atomic E-state index is -0.420. The molecule has 1 aliphatic carbocycles. The van der Waals surface area contributed by atoms with Gasteiger partial charge in [0.15, 0.2) is 0 Å². The normalized spacial score (nSPS) is 23.0. The van der Waals surface area contributed by atoms with E-state index in [1.807, 2.05) is 44.2 Å². The van der Waals surface area contributed by atoms with Crippen molar-refractivity contribution in [2.75, 3.05) is 50.5 Å². The predicted molar refractivity (Wildman–Crippen MR) is 180 cm³/mol. The van der Waals surface area contributed by atoms with Crippen LogP contribution in [0.4, 0.5) is 16.2 Å². The van der Waals surface area contributed by atoms with E-state index >= 15 is 0 Å². The summed E-state index contributed by atoms with van der Waals surface area (Å²) in [4.78, 5) is 31.2. The number of urea groups is 1. The van der Waals surface area contributed by atoms with Gasteiger partial charge in [0, 0.05) is 43.5 Å². The molecule has 248 valence electrons. The standard InChI is InChI=1S/C36H54N4O5/c1-26-22-40(27(2)25-41)35(42)32-21-31(38-36(43)37-30-16-9-6-10-17-30)18-19-33(32)45-28(3)13-11-12-20-44-34(26)24-39(4)23-29-14-7-5-8-15-29/h6,9-10,16-19,21,26-29,34,41H,5,7-8,11-15,20,22-25H2,1-4H3,(H2,37,38,43)/t26-,27-,28+,34-/m1/s1. The molecule has 3 N–H and O–H groups in total. The monoisotopic (exact) mass is 622 g/mol. The Bertz CT molecular complexity index is 1210. The van der Waals surface area contributed by atoms with Crippen molar-refractivity contribution in [1.29, 1.82) is 0 Å². The summed E-state index contributed by atoms with van der Waals surface area (Å²) in [5, 5.41) is 15.9. The Labute approximate surface area is 269 Å². The van der Waals surface area contributed by atoms with Gasteiger partial charge >= 0.3 is 6.03 Å². The van der Waals surface area contributed by atoms with E-state index in [4.69, 9.17) is 9.47 Å². The third-order valence-corrected chi connectivity index (χ3v) is 9.13. The summed E-state index contributed by atoms with van der Waals surface area (Å²) in [7, 11) is 2.19. The van der Waals surface area contributed by atoms with Crippen LogP contribution in [-0.4, -0.2) is 85.0 Å². The molecule has 2 aromatic carbocycles. The Balaban J connectivity index is 1.56. The SMILES string of the molecule is C[C@@H]1CN([C@H](C)CO)C(=O)c2cc(NC(=O)Nc3ccccc3)ccc2O[C@@H](C)CCCCO[C@@H]1CN(C)CC1CCCCC1. The van der Waals surface area contributed by atoms with Gasteiger partial charge in [-0.1, -0.05) is 44.4 Å². The average Bonchev–Trinajstić information content (AvgIpc) is 3.03. The number of para-hydroxylation sites is 1. The molecule has 0 aromatic heterocycles. The number of anilines is 2. The molecule has 3 amide bonds.